The molecule has 0 aromatic rings. The van der Waals surface area contributed by atoms with Crippen LogP contribution in [-0.4, -0.2) is 29.7 Å². The predicted molar refractivity (Wildman–Crippen MR) is 88.9 cm³/mol. The number of carbonyl (C=O) groups is 1. The molecule has 4 saturated carbocycles. The molecule has 4 rings (SSSR count). The molecule has 0 aromatic carbocycles. The number of aliphatic hydroxyl groups is 1. The Bertz CT molecular complexity index is 499. The van der Waals surface area contributed by atoms with E-state index < -0.39 is 5.60 Å². The minimum atomic E-state index is -0.457. The summed E-state index contributed by atoms with van der Waals surface area (Å²) in [7, 11) is 1.80. The summed E-state index contributed by atoms with van der Waals surface area (Å²) in [6.07, 6.45) is 8.57. The highest BCUT2D eigenvalue weighted by Crippen LogP contribution is 2.62. The van der Waals surface area contributed by atoms with Gasteiger partial charge in [0.25, 0.3) is 0 Å². The van der Waals surface area contributed by atoms with Crippen LogP contribution in [0.4, 0.5) is 0 Å². The number of hydrogen-bond donors (Lipinski definition) is 1. The molecule has 0 radical (unpaired) electrons. The summed E-state index contributed by atoms with van der Waals surface area (Å²) in [6.45, 7) is 4.20. The Morgan fingerprint density at radius 2 is 1.87 bits per heavy atom. The first-order chi connectivity index (χ1) is 10.9. The van der Waals surface area contributed by atoms with Gasteiger partial charge in [0.2, 0.25) is 0 Å². The Morgan fingerprint density at radius 3 is 2.61 bits per heavy atom. The second-order valence-electron chi connectivity index (χ2n) is 9.38. The molecule has 130 valence electrons. The van der Waals surface area contributed by atoms with Gasteiger partial charge in [0.15, 0.2) is 0 Å². The summed E-state index contributed by atoms with van der Waals surface area (Å²) in [6, 6.07) is 0. The van der Waals surface area contributed by atoms with Gasteiger partial charge in [-0.1, -0.05) is 0 Å². The van der Waals surface area contributed by atoms with Gasteiger partial charge in [0.05, 0.1) is 17.1 Å². The van der Waals surface area contributed by atoms with E-state index >= 15 is 0 Å². The molecule has 1 unspecified atom stereocenters. The number of hydrogen-bond acceptors (Lipinski definition) is 3. The van der Waals surface area contributed by atoms with Crippen molar-refractivity contribution in [3.05, 3.63) is 0 Å². The summed E-state index contributed by atoms with van der Waals surface area (Å²) in [4.78, 5) is 12.6. The van der Waals surface area contributed by atoms with Gasteiger partial charge < -0.3 is 9.84 Å². The number of carbonyl (C=O) groups excluding carboxylic acids is 1. The summed E-state index contributed by atoms with van der Waals surface area (Å²) < 4.78 is 5.88. The third kappa shape index (κ3) is 2.26. The minimum Gasteiger partial charge on any atom is -0.390 e. The van der Waals surface area contributed by atoms with Gasteiger partial charge in [-0.2, -0.15) is 0 Å². The van der Waals surface area contributed by atoms with Crippen LogP contribution in [0.5, 0.6) is 0 Å². The zero-order valence-corrected chi connectivity index (χ0v) is 14.9. The molecular formula is C20H32O3. The molecule has 0 spiro atoms. The molecule has 4 fully saturated rings. The van der Waals surface area contributed by atoms with Crippen molar-refractivity contribution in [2.45, 2.75) is 76.9 Å². The van der Waals surface area contributed by atoms with Crippen molar-refractivity contribution >= 4 is 5.78 Å². The van der Waals surface area contributed by atoms with Crippen LogP contribution in [0.2, 0.25) is 0 Å². The molecular weight excluding hydrogens is 288 g/mol. The van der Waals surface area contributed by atoms with E-state index in [1.54, 1.807) is 7.11 Å². The fourth-order valence-corrected chi connectivity index (χ4v) is 7.17. The Labute approximate surface area is 140 Å². The van der Waals surface area contributed by atoms with Crippen molar-refractivity contribution in [2.75, 3.05) is 7.11 Å². The molecule has 0 bridgehead atoms. The summed E-state index contributed by atoms with van der Waals surface area (Å²) in [5, 5.41) is 10.5. The van der Waals surface area contributed by atoms with Crippen LogP contribution in [0, 0.1) is 35.0 Å². The normalized spacial score (nSPS) is 55.9. The van der Waals surface area contributed by atoms with E-state index in [0.29, 0.717) is 29.5 Å². The highest BCUT2D eigenvalue weighted by Gasteiger charge is 2.61. The van der Waals surface area contributed by atoms with Crippen LogP contribution in [0.3, 0.4) is 0 Å². The number of fused-ring (bicyclic) bond motifs is 5. The molecule has 1 N–H and O–H groups in total. The van der Waals surface area contributed by atoms with Gasteiger partial charge >= 0.3 is 0 Å². The number of rotatable bonds is 1. The highest BCUT2D eigenvalue weighted by atomic mass is 16.5. The first-order valence-electron chi connectivity index (χ1n) is 9.65. The monoisotopic (exact) mass is 320 g/mol. The molecule has 0 heterocycles. The second-order valence-corrected chi connectivity index (χ2v) is 9.38. The van der Waals surface area contributed by atoms with Gasteiger partial charge in [0.1, 0.15) is 5.78 Å². The van der Waals surface area contributed by atoms with E-state index in [-0.39, 0.29) is 11.5 Å². The summed E-state index contributed by atoms with van der Waals surface area (Å²) >= 11 is 0. The lowest BCUT2D eigenvalue weighted by Crippen LogP contribution is -2.56. The zero-order valence-electron chi connectivity index (χ0n) is 14.9. The molecule has 4 aliphatic rings. The second kappa shape index (κ2) is 5.29. The van der Waals surface area contributed by atoms with Gasteiger partial charge in [-0.25, -0.2) is 0 Å². The average molecular weight is 320 g/mol. The van der Waals surface area contributed by atoms with Gasteiger partial charge in [-0.05, 0) is 88.4 Å². The lowest BCUT2D eigenvalue weighted by molar-refractivity contribution is -0.161. The standard InChI is InChI=1S/C20H32O3/c1-19(22)9-8-13-12(11-19)4-5-14-15(13)10-18(23-3)20(2)16(14)6-7-17(20)21/h12-16,18,22H,4-11H2,1-3H3/t12-,13?,14-,15-,16+,18-,19-,20+/m1/s1. The van der Waals surface area contributed by atoms with Crippen LogP contribution in [0.15, 0.2) is 0 Å². The lowest BCUT2D eigenvalue weighted by Gasteiger charge is -2.57. The molecule has 3 heteroatoms. The van der Waals surface area contributed by atoms with Crippen molar-refractivity contribution in [3.63, 3.8) is 0 Å². The zero-order chi connectivity index (χ0) is 16.4. The molecule has 3 nitrogen and oxygen atoms in total. The van der Waals surface area contributed by atoms with E-state index in [4.69, 9.17) is 4.74 Å². The molecule has 8 atom stereocenters. The van der Waals surface area contributed by atoms with Crippen LogP contribution in [0.25, 0.3) is 0 Å². The smallest absolute Gasteiger partial charge is 0.141 e. The summed E-state index contributed by atoms with van der Waals surface area (Å²) in [5.74, 6) is 3.82. The number of methoxy groups -OCH3 is 1. The Kier molecular flexibility index (Phi) is 3.70. The first kappa shape index (κ1) is 16.1. The van der Waals surface area contributed by atoms with Crippen molar-refractivity contribution < 1.29 is 14.6 Å². The predicted octanol–water partition coefficient (Wildman–Crippen LogP) is 3.58. The van der Waals surface area contributed by atoms with Crippen LogP contribution < -0.4 is 0 Å². The first-order valence-corrected chi connectivity index (χ1v) is 9.65. The maximum absolute atomic E-state index is 12.6. The Balaban J connectivity index is 1.63. The van der Waals surface area contributed by atoms with Crippen molar-refractivity contribution in [3.8, 4) is 0 Å². The topological polar surface area (TPSA) is 46.5 Å². The van der Waals surface area contributed by atoms with Gasteiger partial charge in [0, 0.05) is 13.5 Å². The number of Topliss-reactive ketones (excluding diaryl/α,β-unsaturated/α-hetero) is 1. The lowest BCUT2D eigenvalue weighted by atomic mass is 9.49. The molecule has 4 aliphatic carbocycles. The van der Waals surface area contributed by atoms with Crippen LogP contribution in [-0.2, 0) is 9.53 Å². The maximum atomic E-state index is 12.6. The molecule has 0 aromatic heterocycles. The van der Waals surface area contributed by atoms with Crippen LogP contribution >= 0.6 is 0 Å². The van der Waals surface area contributed by atoms with Gasteiger partial charge in [-0.15, -0.1) is 0 Å². The van der Waals surface area contributed by atoms with Crippen molar-refractivity contribution in [1.82, 2.24) is 0 Å². The average Bonchev–Trinajstić information content (AvgIpc) is 2.81. The van der Waals surface area contributed by atoms with E-state index in [2.05, 4.69) is 6.92 Å². The quantitative estimate of drug-likeness (QED) is 0.803. The fourth-order valence-electron chi connectivity index (χ4n) is 7.17. The van der Waals surface area contributed by atoms with E-state index in [1.807, 2.05) is 6.92 Å². The number of ether oxygens (including phenoxy) is 1. The molecule has 0 amide bonds. The molecule has 0 saturated heterocycles. The summed E-state index contributed by atoms with van der Waals surface area (Å²) in [5.41, 5.74) is -0.690. The van der Waals surface area contributed by atoms with Crippen molar-refractivity contribution in [2.24, 2.45) is 35.0 Å². The molecule has 0 aliphatic heterocycles. The van der Waals surface area contributed by atoms with E-state index in [1.165, 1.54) is 12.8 Å². The third-order valence-corrected chi connectivity index (χ3v) is 8.30. The Morgan fingerprint density at radius 1 is 1.09 bits per heavy atom. The van der Waals surface area contributed by atoms with E-state index in [9.17, 15) is 9.90 Å². The van der Waals surface area contributed by atoms with Crippen molar-refractivity contribution in [1.29, 1.82) is 0 Å². The third-order valence-electron chi connectivity index (χ3n) is 8.30. The Hall–Kier alpha value is -0.410. The number of ketones is 1. The van der Waals surface area contributed by atoms with E-state index in [0.717, 1.165) is 44.4 Å². The molecule has 23 heavy (non-hydrogen) atoms. The van der Waals surface area contributed by atoms with Gasteiger partial charge in [-0.3, -0.25) is 4.79 Å². The van der Waals surface area contributed by atoms with Crippen LogP contribution in [0.1, 0.15) is 65.2 Å². The fraction of sp³-hybridized carbons (Fsp3) is 0.950. The maximum Gasteiger partial charge on any atom is 0.141 e. The largest absolute Gasteiger partial charge is 0.390 e. The highest BCUT2D eigenvalue weighted by molar-refractivity contribution is 5.87. The minimum absolute atomic E-state index is 0.102. The SMILES string of the molecule is CO[C@@H]1C[C@@H]2C3CC[C@@](C)(O)C[C@H]3CC[C@H]2[C@@H]2CCC(=O)[C@@]12C.